The van der Waals surface area contributed by atoms with Crippen LogP contribution in [0.1, 0.15) is 0 Å². The van der Waals surface area contributed by atoms with Crippen LogP contribution in [0.15, 0.2) is 16.7 Å². The monoisotopic (exact) mass is 312 g/mol. The van der Waals surface area contributed by atoms with Gasteiger partial charge in [-0.2, -0.15) is 0 Å². The summed E-state index contributed by atoms with van der Waals surface area (Å²) in [4.78, 5) is 14.6. The number of anilines is 1. The number of hydrogen-bond acceptors (Lipinski definition) is 6. The maximum atomic E-state index is 10.9. The van der Waals surface area contributed by atoms with Crippen molar-refractivity contribution in [1.29, 1.82) is 0 Å². The minimum atomic E-state index is -0.469. The van der Waals surface area contributed by atoms with E-state index in [1.54, 1.807) is 14.1 Å². The van der Waals surface area contributed by atoms with Crippen molar-refractivity contribution in [1.82, 2.24) is 20.0 Å². The number of hydrogen-bond donors (Lipinski definition) is 1. The van der Waals surface area contributed by atoms with Gasteiger partial charge in [-0.05, 0) is 15.9 Å². The second-order valence-electron chi connectivity index (χ2n) is 3.46. The van der Waals surface area contributed by atoms with E-state index in [0.717, 1.165) is 0 Å². The number of pyridine rings is 1. The van der Waals surface area contributed by atoms with E-state index in [-0.39, 0.29) is 5.69 Å². The Kier molecular flexibility index (Phi) is 3.24. The molecule has 0 atom stereocenters. The zero-order valence-electron chi connectivity index (χ0n) is 9.59. The highest BCUT2D eigenvalue weighted by atomic mass is 79.9. The van der Waals surface area contributed by atoms with Gasteiger partial charge in [-0.15, -0.1) is 5.10 Å². The Bertz CT molecular complexity index is 592. The maximum absolute atomic E-state index is 10.9. The highest BCUT2D eigenvalue weighted by Gasteiger charge is 2.17. The Morgan fingerprint density at radius 3 is 2.72 bits per heavy atom. The fourth-order valence-electron chi connectivity index (χ4n) is 1.47. The van der Waals surface area contributed by atoms with Crippen molar-refractivity contribution in [3.05, 3.63) is 26.9 Å². The highest BCUT2D eigenvalue weighted by Crippen LogP contribution is 2.28. The summed E-state index contributed by atoms with van der Waals surface area (Å²) in [7, 11) is 3.33. The lowest BCUT2D eigenvalue weighted by Crippen LogP contribution is -2.00. The van der Waals surface area contributed by atoms with Crippen LogP contribution in [0, 0.1) is 10.1 Å². The summed E-state index contributed by atoms with van der Waals surface area (Å²) >= 11 is 3.24. The summed E-state index contributed by atoms with van der Waals surface area (Å²) in [5.74, 6) is 0.410. The van der Waals surface area contributed by atoms with E-state index in [1.807, 2.05) is 0 Å². The fraction of sp³-hybridized carbons (Fsp3) is 0.222. The molecule has 0 bridgehead atoms. The first-order valence-electron chi connectivity index (χ1n) is 4.92. The summed E-state index contributed by atoms with van der Waals surface area (Å²) in [5, 5.41) is 21.3. The molecular formula is C9H9BrN6O2. The second kappa shape index (κ2) is 4.69. The van der Waals surface area contributed by atoms with E-state index in [0.29, 0.717) is 21.8 Å². The van der Waals surface area contributed by atoms with Gasteiger partial charge in [-0.3, -0.25) is 10.1 Å². The first-order chi connectivity index (χ1) is 8.52. The Labute approximate surface area is 110 Å². The van der Waals surface area contributed by atoms with Crippen molar-refractivity contribution in [2.75, 3.05) is 12.4 Å². The van der Waals surface area contributed by atoms with Crippen molar-refractivity contribution in [2.45, 2.75) is 0 Å². The van der Waals surface area contributed by atoms with Crippen LogP contribution in [0.3, 0.4) is 0 Å². The molecule has 94 valence electrons. The molecule has 8 nitrogen and oxygen atoms in total. The molecule has 0 unspecified atom stereocenters. The molecule has 0 aliphatic rings. The molecule has 0 spiro atoms. The fourth-order valence-corrected chi connectivity index (χ4v) is 2.00. The van der Waals surface area contributed by atoms with Crippen molar-refractivity contribution in [2.24, 2.45) is 7.05 Å². The summed E-state index contributed by atoms with van der Waals surface area (Å²) in [5.41, 5.74) is 0.959. The average molecular weight is 313 g/mol. The van der Waals surface area contributed by atoms with Gasteiger partial charge in [0.15, 0.2) is 4.60 Å². The number of aromatic nitrogens is 4. The third kappa shape index (κ3) is 2.16. The van der Waals surface area contributed by atoms with Gasteiger partial charge in [0.1, 0.15) is 17.2 Å². The van der Waals surface area contributed by atoms with Gasteiger partial charge in [0.25, 0.3) is 5.69 Å². The Morgan fingerprint density at radius 2 is 2.22 bits per heavy atom. The standard InChI is InChI=1S/C9H9BrN6O2/c1-11-7-4-5(16(17)18)3-6(12-7)8-9(10)13-14-15(8)2/h3-4H,1-2H3,(H,11,12). The molecule has 0 aliphatic heterocycles. The molecule has 0 aromatic carbocycles. The minimum Gasteiger partial charge on any atom is -0.373 e. The number of nitrogens with zero attached hydrogens (tertiary/aromatic N) is 5. The van der Waals surface area contributed by atoms with Gasteiger partial charge in [0, 0.05) is 20.2 Å². The predicted octanol–water partition coefficient (Wildman–Crippen LogP) is 1.59. The molecule has 0 saturated heterocycles. The Morgan fingerprint density at radius 1 is 1.50 bits per heavy atom. The SMILES string of the molecule is CNc1cc([N+](=O)[O-])cc(-c2c(Br)nnn2C)n1. The number of rotatable bonds is 3. The first kappa shape index (κ1) is 12.4. The van der Waals surface area contributed by atoms with E-state index in [1.165, 1.54) is 16.8 Å². The molecule has 9 heteroatoms. The van der Waals surface area contributed by atoms with Crippen LogP contribution in [-0.2, 0) is 7.05 Å². The minimum absolute atomic E-state index is 0.0440. The molecular weight excluding hydrogens is 304 g/mol. The van der Waals surface area contributed by atoms with E-state index in [9.17, 15) is 10.1 Å². The van der Waals surface area contributed by atoms with Gasteiger partial charge in [0.2, 0.25) is 0 Å². The van der Waals surface area contributed by atoms with E-state index < -0.39 is 4.92 Å². The van der Waals surface area contributed by atoms with Gasteiger partial charge in [0.05, 0.1) is 11.0 Å². The van der Waals surface area contributed by atoms with Crippen LogP contribution in [0.5, 0.6) is 0 Å². The second-order valence-corrected chi connectivity index (χ2v) is 4.21. The average Bonchev–Trinajstić information content (AvgIpc) is 2.68. The topological polar surface area (TPSA) is 98.8 Å². The smallest absolute Gasteiger partial charge is 0.275 e. The molecule has 2 aromatic rings. The van der Waals surface area contributed by atoms with Crippen LogP contribution in [0.2, 0.25) is 0 Å². The zero-order valence-corrected chi connectivity index (χ0v) is 11.2. The van der Waals surface area contributed by atoms with Gasteiger partial charge >= 0.3 is 0 Å². The van der Waals surface area contributed by atoms with E-state index in [4.69, 9.17) is 0 Å². The summed E-state index contributed by atoms with van der Waals surface area (Å²) < 4.78 is 1.98. The molecule has 0 fully saturated rings. The highest BCUT2D eigenvalue weighted by molar-refractivity contribution is 9.10. The van der Waals surface area contributed by atoms with Gasteiger partial charge in [-0.1, -0.05) is 5.21 Å². The van der Waals surface area contributed by atoms with Crippen molar-refractivity contribution in [3.63, 3.8) is 0 Å². The quantitative estimate of drug-likeness (QED) is 0.682. The van der Waals surface area contributed by atoms with Crippen molar-refractivity contribution in [3.8, 4) is 11.4 Å². The number of aryl methyl sites for hydroxylation is 1. The molecule has 0 radical (unpaired) electrons. The van der Waals surface area contributed by atoms with Crippen LogP contribution in [0.4, 0.5) is 11.5 Å². The van der Waals surface area contributed by atoms with Crippen LogP contribution in [-0.4, -0.2) is 31.9 Å². The predicted molar refractivity (Wildman–Crippen MR) is 68.1 cm³/mol. The van der Waals surface area contributed by atoms with E-state index >= 15 is 0 Å². The molecule has 0 amide bonds. The van der Waals surface area contributed by atoms with Crippen LogP contribution >= 0.6 is 15.9 Å². The van der Waals surface area contributed by atoms with Crippen LogP contribution in [0.25, 0.3) is 11.4 Å². The van der Waals surface area contributed by atoms with Gasteiger partial charge < -0.3 is 5.32 Å². The summed E-state index contributed by atoms with van der Waals surface area (Å²) in [6, 6.07) is 2.74. The van der Waals surface area contributed by atoms with Crippen molar-refractivity contribution >= 4 is 27.4 Å². The number of halogens is 1. The summed E-state index contributed by atoms with van der Waals surface area (Å²) in [6.07, 6.45) is 0. The third-order valence-corrected chi connectivity index (χ3v) is 2.84. The Hall–Kier alpha value is -2.03. The molecule has 2 aromatic heterocycles. The van der Waals surface area contributed by atoms with Crippen LogP contribution < -0.4 is 5.32 Å². The van der Waals surface area contributed by atoms with Crippen molar-refractivity contribution < 1.29 is 4.92 Å². The largest absolute Gasteiger partial charge is 0.373 e. The lowest BCUT2D eigenvalue weighted by Gasteiger charge is -2.04. The van der Waals surface area contributed by atoms with Gasteiger partial charge in [-0.25, -0.2) is 9.67 Å². The molecule has 2 heterocycles. The lowest BCUT2D eigenvalue weighted by molar-refractivity contribution is -0.384. The first-order valence-corrected chi connectivity index (χ1v) is 5.72. The molecule has 1 N–H and O–H groups in total. The third-order valence-electron chi connectivity index (χ3n) is 2.31. The molecule has 0 saturated carbocycles. The zero-order chi connectivity index (χ0) is 13.3. The molecule has 0 aliphatic carbocycles. The normalized spacial score (nSPS) is 10.4. The maximum Gasteiger partial charge on any atom is 0.275 e. The lowest BCUT2D eigenvalue weighted by atomic mass is 10.2. The van der Waals surface area contributed by atoms with E-state index in [2.05, 4.69) is 36.5 Å². The number of nitro groups is 1. The Balaban J connectivity index is 2.64. The number of nitrogens with one attached hydrogen (secondary N) is 1. The molecule has 2 rings (SSSR count). The summed E-state index contributed by atoms with van der Waals surface area (Å²) in [6.45, 7) is 0. The molecule has 18 heavy (non-hydrogen) atoms.